The van der Waals surface area contributed by atoms with Gasteiger partial charge in [-0.3, -0.25) is 9.69 Å². The van der Waals surface area contributed by atoms with Crippen LogP contribution >= 0.6 is 11.6 Å². The van der Waals surface area contributed by atoms with E-state index in [0.29, 0.717) is 47.8 Å². The van der Waals surface area contributed by atoms with Crippen molar-refractivity contribution in [2.75, 3.05) is 38.6 Å². The molecule has 2 unspecified atom stereocenters. The summed E-state index contributed by atoms with van der Waals surface area (Å²) in [6.45, 7) is 7.13. The van der Waals surface area contributed by atoms with Crippen LogP contribution in [-0.4, -0.2) is 71.9 Å². The number of carboxylic acid groups (broad SMARTS) is 2. The summed E-state index contributed by atoms with van der Waals surface area (Å²) < 4.78 is 11.4. The number of nitrogen functional groups attached to an aromatic ring is 1. The standard InChI is InChI=1S/C22H28ClN3O3.C2H2O4/c1-3-28-21-12-20(24)19(23)11-18(21)22(27)25-13-17-14-26(9-10-29-17)15(2)16-7-5-4-6-8-16;3-1(4)2(5)6/h4-8,11-12,15,17H,3,9-10,13-14,24H2,1-2H3,(H,25,27);(H,3,4)(H,5,6). The summed E-state index contributed by atoms with van der Waals surface area (Å²) in [6.07, 6.45) is -0.0846. The number of nitrogens with two attached hydrogens (primary N) is 1. The summed E-state index contributed by atoms with van der Waals surface area (Å²) in [5, 5.41) is 18.1. The van der Waals surface area contributed by atoms with E-state index in [-0.39, 0.29) is 12.0 Å². The minimum atomic E-state index is -1.82. The second kappa shape index (κ2) is 13.5. The lowest BCUT2D eigenvalue weighted by Crippen LogP contribution is -2.48. The SMILES string of the molecule is CCOc1cc(N)c(Cl)cc1C(=O)NCC1CN(C(C)c2ccccc2)CCO1.O=C(O)C(=O)O. The number of amides is 1. The Bertz CT molecular complexity index is 1010. The highest BCUT2D eigenvalue weighted by Gasteiger charge is 2.26. The van der Waals surface area contributed by atoms with E-state index in [1.807, 2.05) is 13.0 Å². The van der Waals surface area contributed by atoms with E-state index >= 15 is 0 Å². The zero-order valence-electron chi connectivity index (χ0n) is 19.6. The van der Waals surface area contributed by atoms with Gasteiger partial charge in [0.25, 0.3) is 5.91 Å². The number of carbonyl (C=O) groups is 3. The van der Waals surface area contributed by atoms with Crippen molar-refractivity contribution in [2.24, 2.45) is 0 Å². The molecule has 35 heavy (non-hydrogen) atoms. The third-order valence-electron chi connectivity index (χ3n) is 5.32. The first-order valence-corrected chi connectivity index (χ1v) is 11.4. The molecule has 2 aromatic rings. The van der Waals surface area contributed by atoms with Gasteiger partial charge >= 0.3 is 11.9 Å². The second-order valence-corrected chi connectivity index (χ2v) is 8.10. The number of ether oxygens (including phenoxy) is 2. The number of anilines is 1. The van der Waals surface area contributed by atoms with Crippen molar-refractivity contribution >= 4 is 35.1 Å². The Morgan fingerprint density at radius 1 is 1.23 bits per heavy atom. The fourth-order valence-corrected chi connectivity index (χ4v) is 3.65. The van der Waals surface area contributed by atoms with Crippen molar-refractivity contribution in [3.8, 4) is 5.75 Å². The Labute approximate surface area is 208 Å². The van der Waals surface area contributed by atoms with Gasteiger partial charge in [-0.25, -0.2) is 9.59 Å². The van der Waals surface area contributed by atoms with Gasteiger partial charge in [-0.05, 0) is 25.5 Å². The van der Waals surface area contributed by atoms with Crippen LogP contribution in [0, 0.1) is 0 Å². The molecule has 1 aliphatic heterocycles. The zero-order chi connectivity index (χ0) is 26.0. The van der Waals surface area contributed by atoms with Crippen LogP contribution in [0.1, 0.15) is 35.8 Å². The molecule has 2 aromatic carbocycles. The Balaban J connectivity index is 0.000000641. The summed E-state index contributed by atoms with van der Waals surface area (Å²) in [5.41, 5.74) is 7.86. The first-order valence-electron chi connectivity index (χ1n) is 11.0. The monoisotopic (exact) mass is 507 g/mol. The van der Waals surface area contributed by atoms with E-state index in [2.05, 4.69) is 41.4 Å². The van der Waals surface area contributed by atoms with Crippen LogP contribution < -0.4 is 15.8 Å². The summed E-state index contributed by atoms with van der Waals surface area (Å²) in [5.74, 6) is -3.48. The number of carbonyl (C=O) groups excluding carboxylic acids is 1. The van der Waals surface area contributed by atoms with Crippen molar-refractivity contribution in [1.29, 1.82) is 0 Å². The Hall–Kier alpha value is -3.34. The molecular weight excluding hydrogens is 478 g/mol. The summed E-state index contributed by atoms with van der Waals surface area (Å²) in [7, 11) is 0. The van der Waals surface area contributed by atoms with Gasteiger partial charge in [0, 0.05) is 31.7 Å². The van der Waals surface area contributed by atoms with Crippen molar-refractivity contribution in [3.05, 3.63) is 58.6 Å². The molecule has 0 spiro atoms. The lowest BCUT2D eigenvalue weighted by molar-refractivity contribution is -0.159. The Morgan fingerprint density at radius 3 is 2.49 bits per heavy atom. The molecule has 0 aromatic heterocycles. The van der Waals surface area contributed by atoms with E-state index in [1.165, 1.54) is 5.56 Å². The minimum absolute atomic E-state index is 0.0846. The predicted octanol–water partition coefficient (Wildman–Crippen LogP) is 2.67. The van der Waals surface area contributed by atoms with E-state index in [4.69, 9.17) is 46.6 Å². The largest absolute Gasteiger partial charge is 0.493 e. The molecule has 5 N–H and O–H groups in total. The highest BCUT2D eigenvalue weighted by molar-refractivity contribution is 6.33. The number of aliphatic carboxylic acids is 2. The molecule has 190 valence electrons. The third-order valence-corrected chi connectivity index (χ3v) is 5.64. The van der Waals surface area contributed by atoms with Gasteiger partial charge in [0.05, 0.1) is 35.6 Å². The fraction of sp³-hybridized carbons (Fsp3) is 0.375. The molecule has 1 fully saturated rings. The van der Waals surface area contributed by atoms with Gasteiger partial charge in [0.1, 0.15) is 5.75 Å². The van der Waals surface area contributed by atoms with Crippen LogP contribution in [0.3, 0.4) is 0 Å². The zero-order valence-corrected chi connectivity index (χ0v) is 20.3. The Morgan fingerprint density at radius 2 is 1.89 bits per heavy atom. The fourth-order valence-electron chi connectivity index (χ4n) is 3.48. The maximum Gasteiger partial charge on any atom is 0.414 e. The molecular formula is C24H30ClN3O7. The first kappa shape index (κ1) is 27.9. The highest BCUT2D eigenvalue weighted by Crippen LogP contribution is 2.29. The minimum Gasteiger partial charge on any atom is -0.493 e. The average molecular weight is 508 g/mol. The van der Waals surface area contributed by atoms with Crippen molar-refractivity contribution in [2.45, 2.75) is 26.0 Å². The van der Waals surface area contributed by atoms with Gasteiger partial charge < -0.3 is 30.7 Å². The van der Waals surface area contributed by atoms with Crippen molar-refractivity contribution < 1.29 is 34.1 Å². The highest BCUT2D eigenvalue weighted by atomic mass is 35.5. The van der Waals surface area contributed by atoms with Crippen LogP contribution in [0.25, 0.3) is 0 Å². The second-order valence-electron chi connectivity index (χ2n) is 7.70. The number of hydrogen-bond acceptors (Lipinski definition) is 7. The molecule has 0 bridgehead atoms. The van der Waals surface area contributed by atoms with Crippen molar-refractivity contribution in [3.63, 3.8) is 0 Å². The van der Waals surface area contributed by atoms with Crippen LogP contribution in [0.15, 0.2) is 42.5 Å². The maximum absolute atomic E-state index is 12.7. The number of nitrogens with one attached hydrogen (secondary N) is 1. The van der Waals surface area contributed by atoms with Crippen LogP contribution in [0.4, 0.5) is 5.69 Å². The summed E-state index contributed by atoms with van der Waals surface area (Å²) in [6, 6.07) is 13.8. The molecule has 2 atom stereocenters. The van der Waals surface area contributed by atoms with E-state index in [9.17, 15) is 4.79 Å². The molecule has 11 heteroatoms. The number of rotatable bonds is 7. The van der Waals surface area contributed by atoms with Crippen LogP contribution in [0.2, 0.25) is 5.02 Å². The van der Waals surface area contributed by atoms with Crippen LogP contribution in [-0.2, 0) is 14.3 Å². The third kappa shape index (κ3) is 8.43. The molecule has 0 saturated carbocycles. The molecule has 1 aliphatic rings. The van der Waals surface area contributed by atoms with Crippen LogP contribution in [0.5, 0.6) is 5.75 Å². The maximum atomic E-state index is 12.7. The lowest BCUT2D eigenvalue weighted by Gasteiger charge is -2.37. The number of carboxylic acids is 2. The number of halogens is 1. The normalized spacial score (nSPS) is 16.4. The summed E-state index contributed by atoms with van der Waals surface area (Å²) in [4.78, 5) is 33.3. The first-order chi connectivity index (χ1) is 16.6. The van der Waals surface area contributed by atoms with Gasteiger partial charge in [0.15, 0.2) is 0 Å². The van der Waals surface area contributed by atoms with E-state index in [1.54, 1.807) is 12.1 Å². The predicted molar refractivity (Wildman–Crippen MR) is 131 cm³/mol. The van der Waals surface area contributed by atoms with Gasteiger partial charge in [0.2, 0.25) is 0 Å². The van der Waals surface area contributed by atoms with E-state index in [0.717, 1.165) is 13.1 Å². The molecule has 1 heterocycles. The molecule has 0 radical (unpaired) electrons. The van der Waals surface area contributed by atoms with Crippen molar-refractivity contribution in [1.82, 2.24) is 10.2 Å². The topological polar surface area (TPSA) is 151 Å². The summed E-state index contributed by atoms with van der Waals surface area (Å²) >= 11 is 6.10. The number of hydrogen-bond donors (Lipinski definition) is 4. The molecule has 3 rings (SSSR count). The quantitative estimate of drug-likeness (QED) is 0.327. The van der Waals surface area contributed by atoms with Gasteiger partial charge in [-0.15, -0.1) is 0 Å². The molecule has 0 aliphatic carbocycles. The molecule has 10 nitrogen and oxygen atoms in total. The molecule has 1 saturated heterocycles. The Kier molecular flexibility index (Phi) is 10.8. The number of benzene rings is 2. The lowest BCUT2D eigenvalue weighted by atomic mass is 10.1. The van der Waals surface area contributed by atoms with Gasteiger partial charge in [-0.1, -0.05) is 41.9 Å². The number of nitrogens with zero attached hydrogens (tertiary/aromatic N) is 1. The van der Waals surface area contributed by atoms with Gasteiger partial charge in [-0.2, -0.15) is 0 Å². The smallest absolute Gasteiger partial charge is 0.414 e. The average Bonchev–Trinajstić information content (AvgIpc) is 2.85. The molecule has 1 amide bonds. The number of morpholine rings is 1. The van der Waals surface area contributed by atoms with E-state index < -0.39 is 11.9 Å².